The molecule has 2 heterocycles. The first-order chi connectivity index (χ1) is 13.2. The van der Waals surface area contributed by atoms with E-state index in [-0.39, 0.29) is 12.1 Å². The van der Waals surface area contributed by atoms with Gasteiger partial charge in [-0.05, 0) is 44.4 Å². The quantitative estimate of drug-likeness (QED) is 0.417. The normalized spacial score (nSPS) is 12.2. The fourth-order valence-electron chi connectivity index (χ4n) is 2.69. The molecular formula is C17H22N6O2S2. The number of benzene rings is 1. The van der Waals surface area contributed by atoms with E-state index in [1.54, 1.807) is 21.7 Å². The van der Waals surface area contributed by atoms with Crippen molar-refractivity contribution >= 4 is 46.0 Å². The van der Waals surface area contributed by atoms with Gasteiger partial charge in [-0.2, -0.15) is 17.8 Å². The number of H-pyrrole nitrogens is 1. The van der Waals surface area contributed by atoms with Gasteiger partial charge in [0.05, 0.1) is 22.3 Å². The number of tetrazole rings is 1. The monoisotopic (exact) mass is 406 g/mol. The average Bonchev–Trinajstić information content (AvgIpc) is 3.35. The zero-order chi connectivity index (χ0) is 19.1. The molecule has 0 bridgehead atoms. The Morgan fingerprint density at radius 2 is 2.26 bits per heavy atom. The van der Waals surface area contributed by atoms with Gasteiger partial charge in [0, 0.05) is 23.9 Å². The number of fused-ring (bicyclic) bond motifs is 1. The molecule has 1 atom stereocenters. The average molecular weight is 407 g/mol. The molecular weight excluding hydrogens is 384 g/mol. The van der Waals surface area contributed by atoms with Crippen LogP contribution in [0.2, 0.25) is 0 Å². The van der Waals surface area contributed by atoms with Gasteiger partial charge in [-0.25, -0.2) is 9.78 Å². The van der Waals surface area contributed by atoms with E-state index in [0.717, 1.165) is 41.6 Å². The summed E-state index contributed by atoms with van der Waals surface area (Å²) in [4.78, 5) is 18.6. The van der Waals surface area contributed by atoms with Gasteiger partial charge in [0.2, 0.25) is 0 Å². The molecule has 3 aromatic rings. The molecule has 0 spiro atoms. The molecule has 0 fully saturated rings. The molecule has 1 aromatic carbocycles. The Morgan fingerprint density at radius 1 is 1.37 bits per heavy atom. The zero-order valence-corrected chi connectivity index (χ0v) is 16.7. The van der Waals surface area contributed by atoms with Gasteiger partial charge in [-0.1, -0.05) is 5.21 Å². The van der Waals surface area contributed by atoms with E-state index in [4.69, 9.17) is 4.74 Å². The van der Waals surface area contributed by atoms with Crippen LogP contribution in [0.3, 0.4) is 0 Å². The summed E-state index contributed by atoms with van der Waals surface area (Å²) in [7, 11) is 0. The number of anilines is 1. The van der Waals surface area contributed by atoms with Gasteiger partial charge >= 0.3 is 6.09 Å². The van der Waals surface area contributed by atoms with Crippen molar-refractivity contribution in [3.63, 3.8) is 0 Å². The molecule has 1 unspecified atom stereocenters. The molecule has 0 aliphatic rings. The number of nitrogens with one attached hydrogen (secondary N) is 1. The Morgan fingerprint density at radius 3 is 3.04 bits per heavy atom. The number of rotatable bonds is 9. The molecule has 2 aromatic heterocycles. The summed E-state index contributed by atoms with van der Waals surface area (Å²) in [5, 5.41) is 13.8. The minimum atomic E-state index is -0.349. The first-order valence-electron chi connectivity index (χ1n) is 8.81. The van der Waals surface area contributed by atoms with Crippen molar-refractivity contribution in [2.75, 3.05) is 17.3 Å². The van der Waals surface area contributed by atoms with Crippen LogP contribution in [0.25, 0.3) is 10.2 Å². The number of amides is 1. The Balaban J connectivity index is 1.52. The lowest BCUT2D eigenvalue weighted by Gasteiger charge is -2.27. The number of nitrogens with zero attached hydrogens (tertiary/aromatic N) is 5. The molecule has 3 rings (SSSR count). The molecule has 0 radical (unpaired) electrons. The number of ether oxygens (including phenoxy) is 1. The van der Waals surface area contributed by atoms with Crippen molar-refractivity contribution in [2.24, 2.45) is 0 Å². The second-order valence-electron chi connectivity index (χ2n) is 6.16. The lowest BCUT2D eigenvalue weighted by molar-refractivity contribution is 0.149. The molecule has 0 aliphatic heterocycles. The van der Waals surface area contributed by atoms with Crippen LogP contribution in [0.4, 0.5) is 10.5 Å². The van der Waals surface area contributed by atoms with E-state index >= 15 is 0 Å². The molecule has 8 nitrogen and oxygen atoms in total. The second-order valence-corrected chi connectivity index (χ2v) is 7.41. The molecule has 0 saturated carbocycles. The van der Waals surface area contributed by atoms with Crippen LogP contribution in [0.5, 0.6) is 0 Å². The number of thiol groups is 1. The van der Waals surface area contributed by atoms with Gasteiger partial charge in [-0.3, -0.25) is 4.90 Å². The van der Waals surface area contributed by atoms with Gasteiger partial charge < -0.3 is 4.74 Å². The van der Waals surface area contributed by atoms with Gasteiger partial charge in [-0.15, -0.1) is 21.5 Å². The summed E-state index contributed by atoms with van der Waals surface area (Å²) in [5.74, 6) is 1.25. The van der Waals surface area contributed by atoms with Crippen molar-refractivity contribution in [3.05, 3.63) is 29.5 Å². The third-order valence-electron chi connectivity index (χ3n) is 4.15. The maximum atomic E-state index is 12.7. The third-order valence-corrected chi connectivity index (χ3v) is 5.47. The number of aromatic nitrogens is 5. The topological polar surface area (TPSA) is 96.9 Å². The van der Waals surface area contributed by atoms with Gasteiger partial charge in [0.15, 0.2) is 5.82 Å². The lowest BCUT2D eigenvalue weighted by atomic mass is 10.2. The predicted octanol–water partition coefficient (Wildman–Crippen LogP) is 3.48. The van der Waals surface area contributed by atoms with Crippen molar-refractivity contribution in [1.29, 1.82) is 0 Å². The van der Waals surface area contributed by atoms with Crippen molar-refractivity contribution in [2.45, 2.75) is 38.6 Å². The highest BCUT2D eigenvalue weighted by Crippen LogP contribution is 2.26. The first kappa shape index (κ1) is 19.6. The Hall–Kier alpha value is -2.20. The first-order valence-corrected chi connectivity index (χ1v) is 10.3. The minimum absolute atomic E-state index is 0.0792. The summed E-state index contributed by atoms with van der Waals surface area (Å²) >= 11 is 5.90. The lowest BCUT2D eigenvalue weighted by Crippen LogP contribution is -2.40. The van der Waals surface area contributed by atoms with Crippen LogP contribution in [0.15, 0.2) is 23.7 Å². The highest BCUT2D eigenvalue weighted by molar-refractivity contribution is 7.80. The van der Waals surface area contributed by atoms with E-state index in [1.165, 1.54) is 0 Å². The zero-order valence-electron chi connectivity index (χ0n) is 15.0. The van der Waals surface area contributed by atoms with Crippen molar-refractivity contribution < 1.29 is 9.53 Å². The fourth-order valence-corrected chi connectivity index (χ4v) is 3.57. The van der Waals surface area contributed by atoms with Crippen LogP contribution < -0.4 is 4.90 Å². The largest absolute Gasteiger partial charge is 0.449 e. The molecule has 144 valence electrons. The van der Waals surface area contributed by atoms with Crippen LogP contribution in [0, 0.1) is 0 Å². The number of hydrogen-bond acceptors (Lipinski definition) is 8. The summed E-state index contributed by atoms with van der Waals surface area (Å²) in [6.45, 7) is 2.33. The Kier molecular flexibility index (Phi) is 6.99. The fraction of sp³-hybridized carbons (Fsp3) is 0.471. The smallest absolute Gasteiger partial charge is 0.414 e. The van der Waals surface area contributed by atoms with Gasteiger partial charge in [0.25, 0.3) is 0 Å². The number of carbonyl (C=O) groups excluding carboxylic acids is 1. The maximum Gasteiger partial charge on any atom is 0.414 e. The van der Waals surface area contributed by atoms with E-state index in [2.05, 4.69) is 38.2 Å². The summed E-state index contributed by atoms with van der Waals surface area (Å²) < 4.78 is 6.54. The number of carbonyl (C=O) groups is 1. The third kappa shape index (κ3) is 5.16. The minimum Gasteiger partial charge on any atom is -0.449 e. The van der Waals surface area contributed by atoms with E-state index in [9.17, 15) is 4.79 Å². The highest BCUT2D eigenvalue weighted by atomic mass is 32.1. The molecule has 27 heavy (non-hydrogen) atoms. The van der Waals surface area contributed by atoms with E-state index in [0.29, 0.717) is 18.2 Å². The van der Waals surface area contributed by atoms with Gasteiger partial charge in [0.1, 0.15) is 0 Å². The van der Waals surface area contributed by atoms with Crippen molar-refractivity contribution in [1.82, 2.24) is 25.6 Å². The molecule has 0 saturated heterocycles. The molecule has 0 aliphatic carbocycles. The van der Waals surface area contributed by atoms with Crippen LogP contribution in [-0.4, -0.2) is 50.1 Å². The Labute approximate surface area is 166 Å². The SMILES string of the molecule is CC(CS)N(C(=O)OCCCCCc1nn[nH]n1)c1ccc2ncsc2c1. The highest BCUT2D eigenvalue weighted by Gasteiger charge is 2.23. The second kappa shape index (κ2) is 9.65. The predicted molar refractivity (Wildman–Crippen MR) is 108 cm³/mol. The number of unbranched alkanes of at least 4 members (excludes halogenated alkanes) is 2. The Bertz CT molecular complexity index is 854. The summed E-state index contributed by atoms with van der Waals surface area (Å²) in [6, 6.07) is 5.71. The van der Waals surface area contributed by atoms with E-state index in [1.807, 2.05) is 25.1 Å². The molecule has 1 N–H and O–H groups in total. The molecule has 1 amide bonds. The number of hydrogen-bond donors (Lipinski definition) is 2. The number of aryl methyl sites for hydroxylation is 1. The molecule has 10 heteroatoms. The number of thiazole rings is 1. The van der Waals surface area contributed by atoms with Crippen LogP contribution in [-0.2, 0) is 11.2 Å². The van der Waals surface area contributed by atoms with Crippen LogP contribution in [0.1, 0.15) is 32.0 Å². The summed E-state index contributed by atoms with van der Waals surface area (Å²) in [6.07, 6.45) is 3.06. The number of aromatic amines is 1. The standard InChI is InChI=1S/C17H22N6O2S2/c1-12(10-26)23(13-6-7-14-15(9-13)27-11-18-14)17(24)25-8-4-2-3-5-16-19-21-22-20-16/h6-7,9,11-12,26H,2-5,8,10H2,1H3,(H,19,20,21,22). The van der Waals surface area contributed by atoms with E-state index < -0.39 is 0 Å². The van der Waals surface area contributed by atoms with Crippen LogP contribution >= 0.6 is 24.0 Å². The van der Waals surface area contributed by atoms with Crippen molar-refractivity contribution in [3.8, 4) is 0 Å². The maximum absolute atomic E-state index is 12.7. The summed E-state index contributed by atoms with van der Waals surface area (Å²) in [5.41, 5.74) is 3.53.